The van der Waals surface area contributed by atoms with Gasteiger partial charge in [-0.1, -0.05) is 188 Å². The van der Waals surface area contributed by atoms with Gasteiger partial charge in [-0.05, 0) is 123 Å². The first-order chi connectivity index (χ1) is 42.7. The maximum Gasteiger partial charge on any atom is 0.333 e. The third-order valence-electron chi connectivity index (χ3n) is 19.7. The molecule has 8 heterocycles. The lowest BCUT2D eigenvalue weighted by Gasteiger charge is -2.41. The Morgan fingerprint density at radius 1 is 0.302 bits per heavy atom. The molecule has 8 heteroatoms. The summed E-state index contributed by atoms with van der Waals surface area (Å²) < 4.78 is 14.9. The summed E-state index contributed by atoms with van der Waals surface area (Å²) in [7, 11) is 0. The van der Waals surface area contributed by atoms with Crippen LogP contribution in [0.5, 0.6) is 0 Å². The van der Waals surface area contributed by atoms with Gasteiger partial charge in [-0.3, -0.25) is 0 Å². The standard InChI is InChI=1S/C78H45B2N5O/c1-2-19-47(20-3-1)81-67-36-14-9-31-62(67)80-75-70(81)45-60-54-24-7-15-38-71(54)86-78(60)73(75)58-29-17-28-57-72-50(25-18-37-68(72)85(80)77(57)58)46-39-41-48(42-40-46)82-66-35-13-8-30-61(66)79-74-59(56-27-16-26-55-53-23-6-12-34-65(53)84(79)76(55)56)43-49(44-69(74)82)83-63-32-10-4-21-51(63)52-22-5-11-33-64(52)83/h1-45H. The fourth-order valence-electron chi connectivity index (χ4n) is 16.5. The van der Waals surface area contributed by atoms with Crippen molar-refractivity contribution in [2.45, 2.75) is 0 Å². The van der Waals surface area contributed by atoms with Crippen molar-refractivity contribution in [3.05, 3.63) is 273 Å². The zero-order valence-electron chi connectivity index (χ0n) is 46.3. The molecule has 17 aromatic rings. The number of hydrogen-bond acceptors (Lipinski definition) is 3. The van der Waals surface area contributed by atoms with Crippen LogP contribution in [-0.2, 0) is 0 Å². The second-order valence-electron chi connectivity index (χ2n) is 23.8. The van der Waals surface area contributed by atoms with Gasteiger partial charge in [0.2, 0.25) is 0 Å². The monoisotopic (exact) mass is 1090 g/mol. The minimum Gasteiger partial charge on any atom is -0.455 e. The number of furan rings is 1. The quantitative estimate of drug-likeness (QED) is 0.165. The van der Waals surface area contributed by atoms with Gasteiger partial charge in [-0.2, -0.15) is 0 Å². The minimum atomic E-state index is -0.124. The molecule has 21 rings (SSSR count). The SMILES string of the molecule is c1ccc(N2c3ccccc3B3c4c2cc2c(oc5ccccc52)c4-c2cccc4c5c(-c6ccc(N7c8ccccc8B8c9c(cc(-n%10c%11ccccc%11c%11ccccc%11%10)cc97)-c7cccc9c%10ccccc%10n8c79)cc6)cccc5n3c24)cc1. The van der Waals surface area contributed by atoms with Crippen molar-refractivity contribution >= 4 is 157 Å². The van der Waals surface area contributed by atoms with Gasteiger partial charge in [0.05, 0.1) is 11.0 Å². The molecule has 394 valence electrons. The lowest BCUT2D eigenvalue weighted by Crippen LogP contribution is -2.56. The zero-order valence-corrected chi connectivity index (χ0v) is 46.3. The summed E-state index contributed by atoms with van der Waals surface area (Å²) in [4.78, 5) is 5.03. The van der Waals surface area contributed by atoms with E-state index in [1.165, 1.54) is 143 Å². The van der Waals surface area contributed by atoms with Gasteiger partial charge in [-0.15, -0.1) is 0 Å². The van der Waals surface area contributed by atoms with Crippen LogP contribution in [0.25, 0.3) is 126 Å². The normalized spacial score (nSPS) is 13.5. The van der Waals surface area contributed by atoms with Crippen molar-refractivity contribution < 1.29 is 4.42 Å². The lowest BCUT2D eigenvalue weighted by atomic mass is 9.45. The number of fused-ring (bicyclic) bond motifs is 21. The Morgan fingerprint density at radius 2 is 0.826 bits per heavy atom. The highest BCUT2D eigenvalue weighted by Crippen LogP contribution is 2.52. The minimum absolute atomic E-state index is 0.0543. The molecule has 4 aliphatic rings. The summed E-state index contributed by atoms with van der Waals surface area (Å²) in [5, 5.41) is 9.80. The third-order valence-corrected chi connectivity index (χ3v) is 19.7. The summed E-state index contributed by atoms with van der Waals surface area (Å²) in [5.74, 6) is 0. The van der Waals surface area contributed by atoms with E-state index >= 15 is 0 Å². The highest BCUT2D eigenvalue weighted by molar-refractivity contribution is 6.91. The van der Waals surface area contributed by atoms with Gasteiger partial charge in [-0.25, -0.2) is 0 Å². The Labute approximate surface area is 494 Å². The Balaban J connectivity index is 0.792. The molecule has 4 aromatic heterocycles. The number of nitrogens with zero attached hydrogens (tertiary/aromatic N) is 5. The average Bonchev–Trinajstić information content (AvgIpc) is 1.40. The summed E-state index contributed by atoms with van der Waals surface area (Å²) >= 11 is 0. The van der Waals surface area contributed by atoms with Gasteiger partial charge in [0, 0.05) is 122 Å². The molecule has 0 atom stereocenters. The topological polar surface area (TPSA) is 34.4 Å². The van der Waals surface area contributed by atoms with Crippen molar-refractivity contribution in [1.82, 2.24) is 13.5 Å². The molecule has 6 nitrogen and oxygen atoms in total. The van der Waals surface area contributed by atoms with Crippen LogP contribution >= 0.6 is 0 Å². The molecular formula is C78H45B2N5O. The van der Waals surface area contributed by atoms with Crippen LogP contribution in [0.4, 0.5) is 34.1 Å². The first-order valence-electron chi connectivity index (χ1n) is 29.9. The van der Waals surface area contributed by atoms with Gasteiger partial charge in [0.25, 0.3) is 0 Å². The second kappa shape index (κ2) is 16.3. The molecule has 0 spiro atoms. The van der Waals surface area contributed by atoms with E-state index in [2.05, 4.69) is 296 Å². The van der Waals surface area contributed by atoms with Crippen LogP contribution in [0.3, 0.4) is 0 Å². The zero-order chi connectivity index (χ0) is 55.6. The number of aromatic nitrogens is 3. The van der Waals surface area contributed by atoms with Crippen LogP contribution in [0.2, 0.25) is 0 Å². The van der Waals surface area contributed by atoms with Gasteiger partial charge < -0.3 is 27.7 Å². The predicted octanol–water partition coefficient (Wildman–Crippen LogP) is 17.4. The lowest BCUT2D eigenvalue weighted by molar-refractivity contribution is 0.670. The number of para-hydroxylation sites is 9. The van der Waals surface area contributed by atoms with E-state index in [1.54, 1.807) is 0 Å². The van der Waals surface area contributed by atoms with Crippen LogP contribution in [0.1, 0.15) is 0 Å². The molecule has 0 bridgehead atoms. The maximum atomic E-state index is 7.06. The fraction of sp³-hybridized carbons (Fsp3) is 0. The number of benzene rings is 13. The van der Waals surface area contributed by atoms with Crippen LogP contribution in [0.15, 0.2) is 277 Å². The number of hydrogen-bond donors (Lipinski definition) is 0. The van der Waals surface area contributed by atoms with E-state index in [1.807, 2.05) is 0 Å². The van der Waals surface area contributed by atoms with E-state index in [9.17, 15) is 0 Å². The van der Waals surface area contributed by atoms with Crippen molar-refractivity contribution in [2.75, 3.05) is 9.80 Å². The third kappa shape index (κ3) is 5.60. The van der Waals surface area contributed by atoms with Crippen LogP contribution < -0.4 is 31.7 Å². The number of anilines is 6. The molecule has 0 amide bonds. The highest BCUT2D eigenvalue weighted by Gasteiger charge is 2.46. The number of rotatable bonds is 4. The largest absolute Gasteiger partial charge is 0.455 e. The van der Waals surface area contributed by atoms with Crippen LogP contribution in [-0.4, -0.2) is 27.2 Å². The molecule has 0 N–H and O–H groups in total. The first-order valence-corrected chi connectivity index (χ1v) is 29.9. The van der Waals surface area contributed by atoms with Crippen molar-refractivity contribution in [1.29, 1.82) is 0 Å². The Kier molecular flexibility index (Phi) is 8.60. The van der Waals surface area contributed by atoms with E-state index in [4.69, 9.17) is 4.42 Å². The molecule has 0 saturated heterocycles. The van der Waals surface area contributed by atoms with E-state index in [0.717, 1.165) is 39.0 Å². The van der Waals surface area contributed by atoms with Crippen molar-refractivity contribution in [3.8, 4) is 39.1 Å². The van der Waals surface area contributed by atoms with Crippen molar-refractivity contribution in [3.63, 3.8) is 0 Å². The summed E-state index contributed by atoms with van der Waals surface area (Å²) in [5.41, 5.74) is 29.7. The van der Waals surface area contributed by atoms with Crippen molar-refractivity contribution in [2.24, 2.45) is 0 Å². The molecule has 0 aliphatic carbocycles. The molecular weight excluding hydrogens is 1040 g/mol. The van der Waals surface area contributed by atoms with E-state index in [0.29, 0.717) is 0 Å². The summed E-state index contributed by atoms with van der Waals surface area (Å²) in [6.45, 7) is -0.178. The van der Waals surface area contributed by atoms with Gasteiger partial charge in [0.1, 0.15) is 11.2 Å². The molecule has 86 heavy (non-hydrogen) atoms. The van der Waals surface area contributed by atoms with Crippen LogP contribution in [0, 0.1) is 0 Å². The first kappa shape index (κ1) is 45.3. The van der Waals surface area contributed by atoms with E-state index in [-0.39, 0.29) is 13.7 Å². The average molecular weight is 1090 g/mol. The second-order valence-corrected chi connectivity index (χ2v) is 23.8. The Bertz CT molecular complexity index is 5840. The maximum absolute atomic E-state index is 7.06. The van der Waals surface area contributed by atoms with E-state index < -0.39 is 0 Å². The molecule has 0 saturated carbocycles. The van der Waals surface area contributed by atoms with Gasteiger partial charge >= 0.3 is 13.7 Å². The Morgan fingerprint density at radius 3 is 1.57 bits per heavy atom. The molecule has 0 radical (unpaired) electrons. The molecule has 4 aliphatic heterocycles. The fourth-order valence-corrected chi connectivity index (χ4v) is 16.5. The summed E-state index contributed by atoms with van der Waals surface area (Å²) in [6.07, 6.45) is 0. The predicted molar refractivity (Wildman–Crippen MR) is 361 cm³/mol. The highest BCUT2D eigenvalue weighted by atomic mass is 16.3. The van der Waals surface area contributed by atoms with Gasteiger partial charge in [0.15, 0.2) is 0 Å². The molecule has 0 unspecified atom stereocenters. The molecule has 0 fully saturated rings. The smallest absolute Gasteiger partial charge is 0.333 e. The summed E-state index contributed by atoms with van der Waals surface area (Å²) in [6, 6.07) is 102. The molecule has 13 aromatic carbocycles. The Hall–Kier alpha value is -11.2.